The summed E-state index contributed by atoms with van der Waals surface area (Å²) in [6.07, 6.45) is 5.12. The number of aromatic amines is 1. The van der Waals surface area contributed by atoms with Crippen LogP contribution in [0, 0.1) is 5.82 Å². The van der Waals surface area contributed by atoms with Crippen molar-refractivity contribution >= 4 is 0 Å². The van der Waals surface area contributed by atoms with Crippen molar-refractivity contribution in [3.8, 4) is 34.0 Å². The molecule has 4 heterocycles. The molecule has 31 heavy (non-hydrogen) atoms. The third-order valence-corrected chi connectivity index (χ3v) is 5.93. The minimum Gasteiger partial charge on any atom is -0.474 e. The van der Waals surface area contributed by atoms with E-state index < -0.39 is 0 Å². The molecule has 1 fully saturated rings. The van der Waals surface area contributed by atoms with Gasteiger partial charge in [-0.2, -0.15) is 10.1 Å². The number of fused-ring (bicyclic) bond motifs is 3. The van der Waals surface area contributed by atoms with E-state index in [1.807, 2.05) is 18.2 Å². The molecule has 0 bridgehead atoms. The van der Waals surface area contributed by atoms with Gasteiger partial charge < -0.3 is 14.8 Å². The Morgan fingerprint density at radius 1 is 1.06 bits per heavy atom. The van der Waals surface area contributed by atoms with Gasteiger partial charge in [-0.15, -0.1) is 0 Å². The van der Waals surface area contributed by atoms with Crippen molar-refractivity contribution in [2.75, 3.05) is 0 Å². The molecule has 2 aliphatic heterocycles. The van der Waals surface area contributed by atoms with Crippen LogP contribution in [0.1, 0.15) is 46.1 Å². The summed E-state index contributed by atoms with van der Waals surface area (Å²) < 4.78 is 27.0. The lowest BCUT2D eigenvalue weighted by Crippen LogP contribution is -2.60. The van der Waals surface area contributed by atoms with Crippen LogP contribution in [0.5, 0.6) is 11.8 Å². The van der Waals surface area contributed by atoms with E-state index in [1.54, 1.807) is 18.5 Å². The Morgan fingerprint density at radius 2 is 1.84 bits per heavy atom. The van der Waals surface area contributed by atoms with Crippen LogP contribution in [0.15, 0.2) is 36.7 Å². The maximum Gasteiger partial charge on any atom is 0.225 e. The third-order valence-electron chi connectivity index (χ3n) is 5.93. The highest BCUT2D eigenvalue weighted by molar-refractivity contribution is 5.77. The number of pyridine rings is 1. The standard InChI is InChI=1S/C24H27FN4O2/c1-23(2)9-16(10-24(3,4)29-23)31-21-6-5-17-18-8-20(25)19(15-11-26-27-12-15)7-14(18)13-30-22(17)28-21/h5-8,11-12,16,29H,9-10,13H2,1-4H3,(H,26,27). The van der Waals surface area contributed by atoms with Crippen LogP contribution in [0.4, 0.5) is 4.39 Å². The van der Waals surface area contributed by atoms with Crippen LogP contribution in [0.2, 0.25) is 0 Å². The van der Waals surface area contributed by atoms with Gasteiger partial charge in [-0.25, -0.2) is 4.39 Å². The van der Waals surface area contributed by atoms with Crippen molar-refractivity contribution < 1.29 is 13.9 Å². The number of ether oxygens (including phenoxy) is 2. The van der Waals surface area contributed by atoms with Gasteiger partial charge in [-0.05, 0) is 57.0 Å². The quantitative estimate of drug-likeness (QED) is 0.631. The smallest absolute Gasteiger partial charge is 0.225 e. The van der Waals surface area contributed by atoms with Gasteiger partial charge in [0.25, 0.3) is 0 Å². The van der Waals surface area contributed by atoms with Crippen molar-refractivity contribution in [1.29, 1.82) is 0 Å². The number of hydrogen-bond acceptors (Lipinski definition) is 5. The Kier molecular flexibility index (Phi) is 4.55. The van der Waals surface area contributed by atoms with Crippen LogP contribution in [-0.2, 0) is 6.61 Å². The molecule has 0 saturated carbocycles. The fourth-order valence-electron chi connectivity index (χ4n) is 5.04. The first-order valence-corrected chi connectivity index (χ1v) is 10.6. The fourth-order valence-corrected chi connectivity index (χ4v) is 5.04. The molecule has 5 rings (SSSR count). The Labute approximate surface area is 181 Å². The number of benzene rings is 1. The highest BCUT2D eigenvalue weighted by Crippen LogP contribution is 2.40. The molecule has 6 nitrogen and oxygen atoms in total. The van der Waals surface area contributed by atoms with Crippen LogP contribution < -0.4 is 14.8 Å². The largest absolute Gasteiger partial charge is 0.474 e. The van der Waals surface area contributed by atoms with Gasteiger partial charge >= 0.3 is 0 Å². The van der Waals surface area contributed by atoms with Crippen molar-refractivity contribution in [3.63, 3.8) is 0 Å². The maximum absolute atomic E-state index is 14.8. The minimum atomic E-state index is -0.299. The predicted octanol–water partition coefficient (Wildman–Crippen LogP) is 4.86. The molecule has 0 amide bonds. The summed E-state index contributed by atoms with van der Waals surface area (Å²) in [6.45, 7) is 9.10. The van der Waals surface area contributed by atoms with Gasteiger partial charge in [0, 0.05) is 52.9 Å². The average Bonchev–Trinajstić information content (AvgIpc) is 3.19. The molecule has 0 radical (unpaired) electrons. The van der Waals surface area contributed by atoms with E-state index in [0.29, 0.717) is 29.5 Å². The zero-order chi connectivity index (χ0) is 21.8. The lowest BCUT2D eigenvalue weighted by Gasteiger charge is -2.46. The fraction of sp³-hybridized carbons (Fsp3) is 0.417. The van der Waals surface area contributed by atoms with Gasteiger partial charge in [-0.3, -0.25) is 5.10 Å². The SMILES string of the molecule is CC1(C)CC(Oc2ccc3c(n2)OCc2cc(-c4cn[nH]c4)c(F)cc2-3)CC(C)(C)N1. The minimum absolute atomic E-state index is 0.0136. The van der Waals surface area contributed by atoms with Crippen LogP contribution >= 0.6 is 0 Å². The monoisotopic (exact) mass is 422 g/mol. The summed E-state index contributed by atoms with van der Waals surface area (Å²) in [7, 11) is 0. The summed E-state index contributed by atoms with van der Waals surface area (Å²) >= 11 is 0. The first kappa shape index (κ1) is 20.0. The highest BCUT2D eigenvalue weighted by atomic mass is 19.1. The Balaban J connectivity index is 1.42. The van der Waals surface area contributed by atoms with Crippen molar-refractivity contribution in [1.82, 2.24) is 20.5 Å². The predicted molar refractivity (Wildman–Crippen MR) is 116 cm³/mol. The third kappa shape index (κ3) is 3.90. The summed E-state index contributed by atoms with van der Waals surface area (Å²) in [6, 6.07) is 7.13. The second-order valence-corrected chi connectivity index (χ2v) is 9.81. The molecule has 162 valence electrons. The van der Waals surface area contributed by atoms with E-state index in [9.17, 15) is 4.39 Å². The zero-order valence-electron chi connectivity index (χ0n) is 18.3. The Hall–Kier alpha value is -2.93. The molecule has 0 aliphatic carbocycles. The summed E-state index contributed by atoms with van der Waals surface area (Å²) in [5.74, 6) is 0.719. The lowest BCUT2D eigenvalue weighted by atomic mass is 9.81. The van der Waals surface area contributed by atoms with Gasteiger partial charge in [-0.1, -0.05) is 0 Å². The Morgan fingerprint density at radius 3 is 2.55 bits per heavy atom. The molecule has 0 spiro atoms. The molecule has 1 saturated heterocycles. The molecule has 2 aliphatic rings. The van der Waals surface area contributed by atoms with Gasteiger partial charge in [0.1, 0.15) is 18.5 Å². The van der Waals surface area contributed by atoms with Crippen LogP contribution in [-0.4, -0.2) is 32.4 Å². The molecular formula is C24H27FN4O2. The zero-order valence-corrected chi connectivity index (χ0v) is 18.3. The van der Waals surface area contributed by atoms with E-state index in [0.717, 1.165) is 29.5 Å². The van der Waals surface area contributed by atoms with E-state index in [1.165, 1.54) is 0 Å². The second kappa shape index (κ2) is 7.05. The highest BCUT2D eigenvalue weighted by Gasteiger charge is 2.39. The number of H-pyrrole nitrogens is 1. The molecule has 1 aromatic carbocycles. The summed E-state index contributed by atoms with van der Waals surface area (Å²) in [5.41, 5.74) is 3.68. The lowest BCUT2D eigenvalue weighted by molar-refractivity contribution is 0.0525. The normalized spacial score (nSPS) is 19.3. The molecule has 0 unspecified atom stereocenters. The first-order valence-electron chi connectivity index (χ1n) is 10.6. The number of hydrogen-bond donors (Lipinski definition) is 2. The first-order chi connectivity index (χ1) is 14.7. The summed E-state index contributed by atoms with van der Waals surface area (Å²) in [5, 5.41) is 10.3. The molecule has 0 atom stereocenters. The van der Waals surface area contributed by atoms with E-state index >= 15 is 0 Å². The topological polar surface area (TPSA) is 72.1 Å². The Bertz CT molecular complexity index is 1110. The van der Waals surface area contributed by atoms with Crippen LogP contribution in [0.3, 0.4) is 0 Å². The van der Waals surface area contributed by atoms with Gasteiger partial charge in [0.05, 0.1) is 6.20 Å². The van der Waals surface area contributed by atoms with E-state index in [2.05, 4.69) is 48.2 Å². The molecule has 2 aromatic heterocycles. The van der Waals surface area contributed by atoms with Gasteiger partial charge in [0.15, 0.2) is 0 Å². The van der Waals surface area contributed by atoms with Crippen molar-refractivity contribution in [2.45, 2.75) is 64.3 Å². The number of rotatable bonds is 3. The number of nitrogens with one attached hydrogen (secondary N) is 2. The van der Waals surface area contributed by atoms with Crippen molar-refractivity contribution in [3.05, 3.63) is 48.0 Å². The average molecular weight is 423 g/mol. The molecule has 3 aromatic rings. The molecule has 7 heteroatoms. The second-order valence-electron chi connectivity index (χ2n) is 9.81. The number of nitrogens with zero attached hydrogens (tertiary/aromatic N) is 2. The van der Waals surface area contributed by atoms with E-state index in [4.69, 9.17) is 9.47 Å². The van der Waals surface area contributed by atoms with Crippen LogP contribution in [0.25, 0.3) is 22.3 Å². The molecular weight excluding hydrogens is 395 g/mol. The maximum atomic E-state index is 14.8. The summed E-state index contributed by atoms with van der Waals surface area (Å²) in [4.78, 5) is 4.60. The molecule has 2 N–H and O–H groups in total. The number of aromatic nitrogens is 3. The number of piperidine rings is 1. The van der Waals surface area contributed by atoms with E-state index in [-0.39, 0.29) is 23.0 Å². The number of halogens is 1. The van der Waals surface area contributed by atoms with Gasteiger partial charge in [0.2, 0.25) is 11.8 Å². The van der Waals surface area contributed by atoms with Crippen molar-refractivity contribution in [2.24, 2.45) is 0 Å².